The second-order valence-corrected chi connectivity index (χ2v) is 5.77. The molecule has 0 saturated carbocycles. The molecule has 2 aromatic rings. The molecular weight excluding hydrogens is 304 g/mol. The van der Waals surface area contributed by atoms with Crippen molar-refractivity contribution in [3.63, 3.8) is 0 Å². The number of nitrogens with zero attached hydrogens (tertiary/aromatic N) is 2. The number of carbonyl (C=O) groups excluding carboxylic acids is 3. The first kappa shape index (κ1) is 14.3. The zero-order chi connectivity index (χ0) is 15.5. The summed E-state index contributed by atoms with van der Waals surface area (Å²) < 4.78 is 0. The third-order valence-corrected chi connectivity index (χ3v) is 4.25. The summed E-state index contributed by atoms with van der Waals surface area (Å²) in [6.07, 6.45) is 5.31. The van der Waals surface area contributed by atoms with Gasteiger partial charge in [0.25, 0.3) is 5.91 Å². The first-order valence-electron chi connectivity index (χ1n) is 6.64. The van der Waals surface area contributed by atoms with Crippen molar-refractivity contribution in [2.75, 3.05) is 0 Å². The van der Waals surface area contributed by atoms with Gasteiger partial charge in [-0.3, -0.25) is 24.7 Å². The van der Waals surface area contributed by atoms with Crippen molar-refractivity contribution in [1.82, 2.24) is 20.6 Å². The van der Waals surface area contributed by atoms with E-state index in [1.54, 1.807) is 24.5 Å². The highest BCUT2D eigenvalue weighted by Gasteiger charge is 2.28. The first-order valence-corrected chi connectivity index (χ1v) is 7.46. The Labute approximate surface area is 129 Å². The van der Waals surface area contributed by atoms with E-state index in [9.17, 15) is 14.4 Å². The number of piperidine rings is 1. The average Bonchev–Trinajstić information content (AvgIpc) is 3.01. The lowest BCUT2D eigenvalue weighted by molar-refractivity contribution is -0.134. The van der Waals surface area contributed by atoms with Gasteiger partial charge in [-0.1, -0.05) is 0 Å². The van der Waals surface area contributed by atoms with Crippen molar-refractivity contribution in [2.45, 2.75) is 18.9 Å². The summed E-state index contributed by atoms with van der Waals surface area (Å²) in [7, 11) is 0. The summed E-state index contributed by atoms with van der Waals surface area (Å²) in [5.74, 6) is -1.15. The van der Waals surface area contributed by atoms with Gasteiger partial charge in [0.1, 0.15) is 15.9 Å². The lowest BCUT2D eigenvalue weighted by Crippen LogP contribution is -2.52. The zero-order valence-corrected chi connectivity index (χ0v) is 12.2. The Hall–Kier alpha value is -2.61. The van der Waals surface area contributed by atoms with Gasteiger partial charge in [-0.25, -0.2) is 4.98 Å². The van der Waals surface area contributed by atoms with Crippen molar-refractivity contribution in [3.05, 3.63) is 35.6 Å². The molecule has 2 N–H and O–H groups in total. The second-order valence-electron chi connectivity index (χ2n) is 4.74. The predicted octanol–water partition coefficient (Wildman–Crippen LogP) is 0.740. The Morgan fingerprint density at radius 2 is 2.09 bits per heavy atom. The Morgan fingerprint density at radius 1 is 1.32 bits per heavy atom. The summed E-state index contributed by atoms with van der Waals surface area (Å²) in [4.78, 5) is 43.4. The van der Waals surface area contributed by atoms with Gasteiger partial charge in [-0.05, 0) is 18.6 Å². The molecule has 1 aliphatic heterocycles. The smallest absolute Gasteiger partial charge is 0.263 e. The molecular formula is C14H12N4O3S. The summed E-state index contributed by atoms with van der Waals surface area (Å²) in [5, 5.41) is 5.54. The minimum atomic E-state index is -0.684. The molecule has 8 heteroatoms. The van der Waals surface area contributed by atoms with Crippen molar-refractivity contribution >= 4 is 29.1 Å². The predicted molar refractivity (Wildman–Crippen MR) is 79.0 cm³/mol. The molecule has 0 bridgehead atoms. The van der Waals surface area contributed by atoms with Gasteiger partial charge in [-0.2, -0.15) is 0 Å². The van der Waals surface area contributed by atoms with Crippen LogP contribution >= 0.6 is 11.3 Å². The van der Waals surface area contributed by atoms with Crippen LogP contribution in [0.2, 0.25) is 0 Å². The van der Waals surface area contributed by atoms with Crippen LogP contribution in [0.3, 0.4) is 0 Å². The molecule has 0 spiro atoms. The maximum Gasteiger partial charge on any atom is 0.263 e. The van der Waals surface area contributed by atoms with Gasteiger partial charge >= 0.3 is 0 Å². The molecule has 3 amide bonds. The molecule has 1 atom stereocenters. The fraction of sp³-hybridized carbons (Fsp3) is 0.214. The fourth-order valence-electron chi connectivity index (χ4n) is 2.07. The summed E-state index contributed by atoms with van der Waals surface area (Å²) >= 11 is 1.23. The Kier molecular flexibility index (Phi) is 3.92. The number of pyridine rings is 1. The Balaban J connectivity index is 1.70. The Bertz CT molecular complexity index is 729. The highest BCUT2D eigenvalue weighted by molar-refractivity contribution is 7.16. The molecule has 7 nitrogen and oxygen atoms in total. The van der Waals surface area contributed by atoms with Crippen LogP contribution in [0.1, 0.15) is 22.5 Å². The van der Waals surface area contributed by atoms with Crippen LogP contribution in [0.4, 0.5) is 0 Å². The lowest BCUT2D eigenvalue weighted by Gasteiger charge is -2.21. The molecule has 22 heavy (non-hydrogen) atoms. The van der Waals surface area contributed by atoms with E-state index in [-0.39, 0.29) is 18.2 Å². The number of aromatic nitrogens is 2. The quantitative estimate of drug-likeness (QED) is 0.813. The minimum Gasteiger partial charge on any atom is -0.339 e. The van der Waals surface area contributed by atoms with Crippen LogP contribution in [-0.4, -0.2) is 33.7 Å². The van der Waals surface area contributed by atoms with Gasteiger partial charge < -0.3 is 5.32 Å². The highest BCUT2D eigenvalue weighted by Crippen LogP contribution is 2.24. The molecule has 2 aromatic heterocycles. The van der Waals surface area contributed by atoms with Gasteiger partial charge in [0.15, 0.2) is 0 Å². The fourth-order valence-corrected chi connectivity index (χ4v) is 2.89. The summed E-state index contributed by atoms with van der Waals surface area (Å²) in [6.45, 7) is 0. The van der Waals surface area contributed by atoms with Crippen LogP contribution in [0, 0.1) is 0 Å². The number of thiazole rings is 1. The van der Waals surface area contributed by atoms with Crippen molar-refractivity contribution in [1.29, 1.82) is 0 Å². The van der Waals surface area contributed by atoms with Crippen LogP contribution in [0.25, 0.3) is 10.6 Å². The molecule has 0 aromatic carbocycles. The molecule has 1 fully saturated rings. The number of carbonyl (C=O) groups is 3. The molecule has 3 rings (SSSR count). The third-order valence-electron chi connectivity index (χ3n) is 3.20. The van der Waals surface area contributed by atoms with Crippen molar-refractivity contribution < 1.29 is 14.4 Å². The number of hydrogen-bond donors (Lipinski definition) is 2. The van der Waals surface area contributed by atoms with Crippen molar-refractivity contribution in [3.8, 4) is 10.6 Å². The van der Waals surface area contributed by atoms with Gasteiger partial charge in [0.05, 0.1) is 6.20 Å². The molecule has 1 unspecified atom stereocenters. The van der Waals surface area contributed by atoms with Gasteiger partial charge in [0, 0.05) is 24.4 Å². The van der Waals surface area contributed by atoms with Crippen LogP contribution in [0.5, 0.6) is 0 Å². The van der Waals surface area contributed by atoms with Crippen LogP contribution in [-0.2, 0) is 9.59 Å². The Morgan fingerprint density at radius 3 is 2.82 bits per heavy atom. The highest BCUT2D eigenvalue weighted by atomic mass is 32.1. The topological polar surface area (TPSA) is 101 Å². The molecule has 1 aliphatic rings. The monoisotopic (exact) mass is 316 g/mol. The number of imide groups is 1. The van der Waals surface area contributed by atoms with E-state index in [1.165, 1.54) is 17.5 Å². The van der Waals surface area contributed by atoms with E-state index in [1.807, 2.05) is 0 Å². The summed E-state index contributed by atoms with van der Waals surface area (Å²) in [5.41, 5.74) is 0.875. The molecule has 112 valence electrons. The molecule has 0 aliphatic carbocycles. The zero-order valence-electron chi connectivity index (χ0n) is 11.4. The number of hydrogen-bond acceptors (Lipinski definition) is 6. The van der Waals surface area contributed by atoms with Gasteiger partial charge in [0.2, 0.25) is 11.8 Å². The van der Waals surface area contributed by atoms with E-state index < -0.39 is 11.9 Å². The van der Waals surface area contributed by atoms with E-state index in [2.05, 4.69) is 20.6 Å². The standard InChI is InChI=1S/C14H12N4O3S/c19-11-2-1-9(12(20)18-11)17-13(21)10-7-16-14(22-10)8-3-5-15-6-4-8/h3-7,9H,1-2H2,(H,17,21)(H,18,19,20). The van der Waals surface area contributed by atoms with Crippen LogP contribution < -0.4 is 10.6 Å². The van der Waals surface area contributed by atoms with E-state index in [0.29, 0.717) is 16.3 Å². The lowest BCUT2D eigenvalue weighted by atomic mass is 10.1. The molecule has 0 radical (unpaired) electrons. The number of nitrogens with one attached hydrogen (secondary N) is 2. The second kappa shape index (κ2) is 6.02. The number of amides is 3. The average molecular weight is 316 g/mol. The van der Waals surface area contributed by atoms with E-state index >= 15 is 0 Å². The maximum absolute atomic E-state index is 12.2. The normalized spacial score (nSPS) is 17.9. The van der Waals surface area contributed by atoms with Crippen molar-refractivity contribution in [2.24, 2.45) is 0 Å². The molecule has 3 heterocycles. The SMILES string of the molecule is O=C1CCC(NC(=O)c2cnc(-c3ccncc3)s2)C(=O)N1. The number of rotatable bonds is 3. The summed E-state index contributed by atoms with van der Waals surface area (Å²) in [6, 6.07) is 2.93. The van der Waals surface area contributed by atoms with E-state index in [0.717, 1.165) is 5.56 Å². The minimum absolute atomic E-state index is 0.224. The van der Waals surface area contributed by atoms with E-state index in [4.69, 9.17) is 0 Å². The molecule has 1 saturated heterocycles. The van der Waals surface area contributed by atoms with Crippen LogP contribution in [0.15, 0.2) is 30.7 Å². The largest absolute Gasteiger partial charge is 0.339 e. The first-order chi connectivity index (χ1) is 10.6. The van der Waals surface area contributed by atoms with Gasteiger partial charge in [-0.15, -0.1) is 11.3 Å². The maximum atomic E-state index is 12.2. The third kappa shape index (κ3) is 3.01.